The van der Waals surface area contributed by atoms with E-state index in [-0.39, 0.29) is 35.7 Å². The van der Waals surface area contributed by atoms with E-state index < -0.39 is 35.6 Å². The summed E-state index contributed by atoms with van der Waals surface area (Å²) in [6.45, 7) is 12.8. The third-order valence-electron chi connectivity index (χ3n) is 8.35. The molecular formula is C30H40BrN3O5. The van der Waals surface area contributed by atoms with Gasteiger partial charge in [0.2, 0.25) is 17.7 Å². The molecule has 3 fully saturated rings. The molecule has 0 aliphatic carbocycles. The maximum absolute atomic E-state index is 14.5. The highest BCUT2D eigenvalue weighted by Crippen LogP contribution is 2.61. The van der Waals surface area contributed by atoms with Crippen molar-refractivity contribution in [2.75, 3.05) is 26.2 Å². The van der Waals surface area contributed by atoms with Gasteiger partial charge >= 0.3 is 0 Å². The smallest absolute Gasteiger partial charge is 0.249 e. The SMILES string of the molecule is C=CCN(Cc1ccccc1)C(=O)C1N([C@@H](CC)CO)C(=O)[C@@H]2[C@H](C(=O)N(CC=C)CCC)[C@H]3OC12CC3Br. The number of alkyl halides is 1. The summed E-state index contributed by atoms with van der Waals surface area (Å²) in [6.07, 6.45) is 4.50. The van der Waals surface area contributed by atoms with Crippen LogP contribution in [-0.2, 0) is 25.7 Å². The van der Waals surface area contributed by atoms with E-state index in [4.69, 9.17) is 4.74 Å². The first kappa shape index (κ1) is 29.5. The first-order valence-electron chi connectivity index (χ1n) is 13.9. The van der Waals surface area contributed by atoms with Gasteiger partial charge < -0.3 is 24.5 Å². The molecule has 3 aliphatic heterocycles. The Bertz CT molecular complexity index is 1080. The van der Waals surface area contributed by atoms with Gasteiger partial charge in [-0.1, -0.05) is 72.3 Å². The van der Waals surface area contributed by atoms with Crippen LogP contribution in [-0.4, -0.2) is 92.4 Å². The van der Waals surface area contributed by atoms with Crippen molar-refractivity contribution in [2.24, 2.45) is 11.8 Å². The molecule has 1 aromatic carbocycles. The summed E-state index contributed by atoms with van der Waals surface area (Å²) >= 11 is 3.74. The summed E-state index contributed by atoms with van der Waals surface area (Å²) in [5.74, 6) is -2.22. The number of hydrogen-bond donors (Lipinski definition) is 1. The number of rotatable bonds is 13. The lowest BCUT2D eigenvalue weighted by Crippen LogP contribution is -2.58. The largest absolute Gasteiger partial charge is 0.394 e. The van der Waals surface area contributed by atoms with Crippen LogP contribution in [0.1, 0.15) is 38.7 Å². The van der Waals surface area contributed by atoms with E-state index in [0.717, 1.165) is 12.0 Å². The van der Waals surface area contributed by atoms with Gasteiger partial charge in [0, 0.05) is 31.0 Å². The van der Waals surface area contributed by atoms with Crippen molar-refractivity contribution < 1.29 is 24.2 Å². The van der Waals surface area contributed by atoms with Crippen molar-refractivity contribution in [3.8, 4) is 0 Å². The van der Waals surface area contributed by atoms with E-state index in [1.807, 2.05) is 44.2 Å². The van der Waals surface area contributed by atoms with Gasteiger partial charge in [0.15, 0.2) is 0 Å². The van der Waals surface area contributed by atoms with Crippen LogP contribution in [0.25, 0.3) is 0 Å². The van der Waals surface area contributed by atoms with Gasteiger partial charge in [0.05, 0.1) is 30.6 Å². The Hall–Kier alpha value is -2.49. The minimum atomic E-state index is -1.17. The van der Waals surface area contributed by atoms with Gasteiger partial charge in [-0.25, -0.2) is 0 Å². The molecule has 0 aromatic heterocycles. The second kappa shape index (κ2) is 12.4. The van der Waals surface area contributed by atoms with Crippen molar-refractivity contribution in [2.45, 2.75) is 68.3 Å². The van der Waals surface area contributed by atoms with Crippen molar-refractivity contribution in [1.29, 1.82) is 0 Å². The average Bonchev–Trinajstić information content (AvgIpc) is 3.52. The first-order valence-corrected chi connectivity index (χ1v) is 14.8. The maximum atomic E-state index is 14.5. The number of hydrogen-bond acceptors (Lipinski definition) is 5. The predicted molar refractivity (Wildman–Crippen MR) is 153 cm³/mol. The molecule has 1 aromatic rings. The molecule has 1 N–H and O–H groups in total. The molecule has 3 heterocycles. The Kier molecular flexibility index (Phi) is 9.34. The number of amides is 3. The Morgan fingerprint density at radius 3 is 2.44 bits per heavy atom. The third kappa shape index (κ3) is 5.09. The fourth-order valence-corrected chi connectivity index (χ4v) is 7.67. The molecule has 3 saturated heterocycles. The maximum Gasteiger partial charge on any atom is 0.249 e. The first-order chi connectivity index (χ1) is 18.8. The van der Waals surface area contributed by atoms with E-state index >= 15 is 0 Å². The lowest BCUT2D eigenvalue weighted by atomic mass is 9.70. The number of carbonyl (C=O) groups excluding carboxylic acids is 3. The quantitative estimate of drug-likeness (QED) is 0.277. The number of halogens is 1. The van der Waals surface area contributed by atoms with Gasteiger partial charge in [-0.15, -0.1) is 13.2 Å². The number of ether oxygens (including phenoxy) is 1. The van der Waals surface area contributed by atoms with Crippen LogP contribution in [0.4, 0.5) is 0 Å². The minimum Gasteiger partial charge on any atom is -0.394 e. The Morgan fingerprint density at radius 2 is 1.85 bits per heavy atom. The molecule has 4 rings (SSSR count). The number of carbonyl (C=O) groups is 3. The van der Waals surface area contributed by atoms with Gasteiger partial charge in [-0.05, 0) is 24.8 Å². The van der Waals surface area contributed by atoms with Crippen LogP contribution in [0.5, 0.6) is 0 Å². The van der Waals surface area contributed by atoms with E-state index in [1.54, 1.807) is 22.0 Å². The molecule has 212 valence electrons. The fourth-order valence-electron chi connectivity index (χ4n) is 6.73. The molecule has 39 heavy (non-hydrogen) atoms. The van der Waals surface area contributed by atoms with Crippen molar-refractivity contribution in [3.63, 3.8) is 0 Å². The average molecular weight is 603 g/mol. The zero-order chi connectivity index (χ0) is 28.3. The molecule has 2 bridgehead atoms. The molecule has 7 atom stereocenters. The summed E-state index contributed by atoms with van der Waals surface area (Å²) in [5.41, 5.74) is -0.215. The fraction of sp³-hybridized carbons (Fsp3) is 0.567. The highest BCUT2D eigenvalue weighted by molar-refractivity contribution is 9.09. The van der Waals surface area contributed by atoms with Crippen LogP contribution in [0.15, 0.2) is 55.6 Å². The van der Waals surface area contributed by atoms with Crippen molar-refractivity contribution >= 4 is 33.7 Å². The summed E-state index contributed by atoms with van der Waals surface area (Å²) in [7, 11) is 0. The second-order valence-electron chi connectivity index (χ2n) is 10.7. The van der Waals surface area contributed by atoms with Gasteiger partial charge in [0.25, 0.3) is 0 Å². The van der Waals surface area contributed by atoms with Crippen LogP contribution >= 0.6 is 15.9 Å². The Labute approximate surface area is 239 Å². The van der Waals surface area contributed by atoms with Gasteiger partial charge in [0.1, 0.15) is 11.6 Å². The normalized spacial score (nSPS) is 29.7. The number of aliphatic hydroxyl groups is 1. The summed E-state index contributed by atoms with van der Waals surface area (Å²) in [6, 6.07) is 8.13. The number of benzene rings is 1. The molecule has 3 unspecified atom stereocenters. The van der Waals surface area contributed by atoms with E-state index in [2.05, 4.69) is 29.1 Å². The molecule has 1 spiro atoms. The molecule has 0 radical (unpaired) electrons. The molecule has 0 saturated carbocycles. The summed E-state index contributed by atoms with van der Waals surface area (Å²) < 4.78 is 6.65. The van der Waals surface area contributed by atoms with Crippen molar-refractivity contribution in [3.05, 3.63) is 61.2 Å². The van der Waals surface area contributed by atoms with Gasteiger partial charge in [-0.3, -0.25) is 14.4 Å². The third-order valence-corrected chi connectivity index (χ3v) is 9.20. The standard InChI is InChI=1S/C30H40BrN3O5/c1-5-14-32(15-6-2)27(36)23-24-28(37)34(21(8-4)19-35)26(30(24)17-22(31)25(23)39-30)29(38)33(16-7-3)18-20-12-10-9-11-13-20/h5,7,9-13,21-26,35H,1,3,6,8,14-19H2,2,4H3/t21-,22?,23-,24-,25-,26?,30?/m0/s1. The zero-order valence-corrected chi connectivity index (χ0v) is 24.5. The van der Waals surface area contributed by atoms with E-state index in [9.17, 15) is 19.5 Å². The monoisotopic (exact) mass is 601 g/mol. The highest BCUT2D eigenvalue weighted by atomic mass is 79.9. The number of aliphatic hydroxyl groups excluding tert-OH is 1. The Morgan fingerprint density at radius 1 is 1.18 bits per heavy atom. The minimum absolute atomic E-state index is 0.150. The number of nitrogens with zero attached hydrogens (tertiary/aromatic N) is 3. The molecular weight excluding hydrogens is 562 g/mol. The van der Waals surface area contributed by atoms with E-state index in [0.29, 0.717) is 32.5 Å². The van der Waals surface area contributed by atoms with Crippen LogP contribution in [0, 0.1) is 11.8 Å². The molecule has 8 nitrogen and oxygen atoms in total. The molecule has 9 heteroatoms. The zero-order valence-electron chi connectivity index (χ0n) is 22.9. The summed E-state index contributed by atoms with van der Waals surface area (Å²) in [4.78, 5) is 47.5. The van der Waals surface area contributed by atoms with Gasteiger partial charge in [-0.2, -0.15) is 0 Å². The number of fused-ring (bicyclic) bond motifs is 1. The predicted octanol–water partition coefficient (Wildman–Crippen LogP) is 3.14. The Balaban J connectivity index is 1.78. The van der Waals surface area contributed by atoms with Crippen LogP contribution in [0.2, 0.25) is 0 Å². The lowest BCUT2D eigenvalue weighted by Gasteiger charge is -2.39. The topological polar surface area (TPSA) is 90.4 Å². The van der Waals surface area contributed by atoms with Crippen LogP contribution < -0.4 is 0 Å². The number of likely N-dealkylation sites (tertiary alicyclic amines) is 1. The second-order valence-corrected chi connectivity index (χ2v) is 11.9. The van der Waals surface area contributed by atoms with Crippen LogP contribution in [0.3, 0.4) is 0 Å². The molecule has 3 amide bonds. The van der Waals surface area contributed by atoms with Crippen molar-refractivity contribution in [1.82, 2.24) is 14.7 Å². The molecule has 3 aliphatic rings. The van der Waals surface area contributed by atoms with E-state index in [1.165, 1.54) is 4.90 Å². The lowest BCUT2D eigenvalue weighted by molar-refractivity contribution is -0.152. The highest BCUT2D eigenvalue weighted by Gasteiger charge is 2.77. The summed E-state index contributed by atoms with van der Waals surface area (Å²) in [5, 5.41) is 10.3.